The van der Waals surface area contributed by atoms with Crippen molar-refractivity contribution >= 4 is 11.5 Å². The second-order valence-corrected chi connectivity index (χ2v) is 5.01. The first-order valence-electron chi connectivity index (χ1n) is 6.15. The van der Waals surface area contributed by atoms with Crippen molar-refractivity contribution in [3.63, 3.8) is 0 Å². The molecule has 0 saturated heterocycles. The number of hydrogen-bond donors (Lipinski definition) is 2. The summed E-state index contributed by atoms with van der Waals surface area (Å²) in [5.41, 5.74) is 5.73. The maximum atomic E-state index is 11.4. The Balaban J connectivity index is 2.21. The molecular formula is C12H20N4O. The number of nitrogens with one attached hydrogen (secondary N) is 1. The van der Waals surface area contributed by atoms with Crippen LogP contribution in [0.25, 0.3) is 0 Å². The smallest absolute Gasteiger partial charge is 0.276 e. The fourth-order valence-electron chi connectivity index (χ4n) is 2.61. The second-order valence-electron chi connectivity index (χ2n) is 5.01. The molecule has 1 aromatic heterocycles. The van der Waals surface area contributed by atoms with Crippen LogP contribution < -0.4 is 16.2 Å². The number of rotatable bonds is 2. The molecule has 3 N–H and O–H groups in total. The topological polar surface area (TPSA) is 75.0 Å². The molecule has 5 heteroatoms. The van der Waals surface area contributed by atoms with E-state index in [1.807, 2.05) is 7.05 Å². The van der Waals surface area contributed by atoms with Gasteiger partial charge in [-0.25, -0.2) is 4.98 Å². The number of hydrogen-bond acceptors (Lipinski definition) is 4. The van der Waals surface area contributed by atoms with Crippen LogP contribution in [0.4, 0.5) is 11.5 Å². The molecule has 0 aromatic carbocycles. The molecule has 2 atom stereocenters. The van der Waals surface area contributed by atoms with Crippen LogP contribution in [0.15, 0.2) is 11.1 Å². The van der Waals surface area contributed by atoms with E-state index in [0.717, 1.165) is 18.8 Å². The van der Waals surface area contributed by atoms with Crippen LogP contribution in [0.2, 0.25) is 0 Å². The summed E-state index contributed by atoms with van der Waals surface area (Å²) in [5.74, 6) is 1.34. The molecule has 1 aromatic rings. The fourth-order valence-corrected chi connectivity index (χ4v) is 2.61. The first-order valence-corrected chi connectivity index (χ1v) is 6.15. The van der Waals surface area contributed by atoms with Crippen LogP contribution in [-0.2, 0) is 0 Å². The third-order valence-corrected chi connectivity index (χ3v) is 3.66. The Bertz CT molecular complexity index is 442. The number of aromatic amines is 1. The van der Waals surface area contributed by atoms with Crippen LogP contribution in [0, 0.1) is 5.92 Å². The Kier molecular flexibility index (Phi) is 3.36. The first-order chi connectivity index (χ1) is 8.09. The molecule has 0 radical (unpaired) electrons. The van der Waals surface area contributed by atoms with Crippen LogP contribution >= 0.6 is 0 Å². The highest BCUT2D eigenvalue weighted by Gasteiger charge is 2.24. The standard InChI is InChI=1S/C12H20N4O/c1-8-4-3-5-9(6-8)16(2)11-10(13)12(17)15-7-14-11/h7-9H,3-6,13H2,1-2H3,(H,14,15,17). The Hall–Kier alpha value is -1.52. The van der Waals surface area contributed by atoms with E-state index in [9.17, 15) is 4.79 Å². The van der Waals surface area contributed by atoms with E-state index >= 15 is 0 Å². The average Bonchev–Trinajstić information content (AvgIpc) is 2.32. The van der Waals surface area contributed by atoms with Gasteiger partial charge >= 0.3 is 0 Å². The molecule has 1 fully saturated rings. The summed E-state index contributed by atoms with van der Waals surface area (Å²) in [4.78, 5) is 20.2. The molecular weight excluding hydrogens is 216 g/mol. The predicted molar refractivity (Wildman–Crippen MR) is 69.1 cm³/mol. The first kappa shape index (κ1) is 12.0. The van der Waals surface area contributed by atoms with Gasteiger partial charge in [-0.05, 0) is 18.8 Å². The lowest BCUT2D eigenvalue weighted by Crippen LogP contribution is -2.37. The summed E-state index contributed by atoms with van der Waals surface area (Å²) < 4.78 is 0. The number of nitrogens with zero attached hydrogens (tertiary/aromatic N) is 2. The minimum atomic E-state index is -0.259. The van der Waals surface area contributed by atoms with Gasteiger partial charge in [0.2, 0.25) is 0 Å². The number of nitrogens with two attached hydrogens (primary N) is 1. The van der Waals surface area contributed by atoms with Crippen LogP contribution in [-0.4, -0.2) is 23.1 Å². The molecule has 0 amide bonds. The van der Waals surface area contributed by atoms with E-state index in [0.29, 0.717) is 11.9 Å². The van der Waals surface area contributed by atoms with Crippen molar-refractivity contribution in [1.82, 2.24) is 9.97 Å². The molecule has 1 heterocycles. The summed E-state index contributed by atoms with van der Waals surface area (Å²) in [6, 6.07) is 0.440. The number of anilines is 2. The van der Waals surface area contributed by atoms with Gasteiger partial charge in [0.05, 0.1) is 6.33 Å². The largest absolute Gasteiger partial charge is 0.391 e. The van der Waals surface area contributed by atoms with E-state index in [1.165, 1.54) is 19.2 Å². The van der Waals surface area contributed by atoms with Gasteiger partial charge in [0.1, 0.15) is 5.69 Å². The van der Waals surface area contributed by atoms with E-state index < -0.39 is 0 Å². The van der Waals surface area contributed by atoms with E-state index in [2.05, 4.69) is 21.8 Å². The molecule has 0 aliphatic heterocycles. The molecule has 0 bridgehead atoms. The minimum Gasteiger partial charge on any atom is -0.391 e. The fraction of sp³-hybridized carbons (Fsp3) is 0.667. The highest BCUT2D eigenvalue weighted by Crippen LogP contribution is 2.29. The SMILES string of the molecule is CC1CCCC(N(C)c2nc[nH]c(=O)c2N)C1. The number of H-pyrrole nitrogens is 1. The monoisotopic (exact) mass is 236 g/mol. The zero-order valence-corrected chi connectivity index (χ0v) is 10.4. The zero-order valence-electron chi connectivity index (χ0n) is 10.4. The molecule has 2 rings (SSSR count). The van der Waals surface area contributed by atoms with Crippen molar-refractivity contribution in [3.05, 3.63) is 16.7 Å². The van der Waals surface area contributed by atoms with Crippen molar-refractivity contribution in [3.8, 4) is 0 Å². The summed E-state index contributed by atoms with van der Waals surface area (Å²) in [5, 5.41) is 0. The Labute approximate surface area is 101 Å². The average molecular weight is 236 g/mol. The molecule has 94 valence electrons. The van der Waals surface area contributed by atoms with Crippen molar-refractivity contribution in [2.45, 2.75) is 38.6 Å². The van der Waals surface area contributed by atoms with Crippen molar-refractivity contribution in [1.29, 1.82) is 0 Å². The predicted octanol–water partition coefficient (Wildman–Crippen LogP) is 1.37. The van der Waals surface area contributed by atoms with Gasteiger partial charge < -0.3 is 15.6 Å². The molecule has 17 heavy (non-hydrogen) atoms. The summed E-state index contributed by atoms with van der Waals surface area (Å²) in [7, 11) is 1.97. The van der Waals surface area contributed by atoms with Gasteiger partial charge in [0.25, 0.3) is 5.56 Å². The second kappa shape index (κ2) is 4.77. The summed E-state index contributed by atoms with van der Waals surface area (Å²) in [6.45, 7) is 2.27. The highest BCUT2D eigenvalue weighted by atomic mass is 16.1. The summed E-state index contributed by atoms with van der Waals surface area (Å²) in [6.07, 6.45) is 6.23. The van der Waals surface area contributed by atoms with Gasteiger partial charge in [-0.2, -0.15) is 0 Å². The Morgan fingerprint density at radius 2 is 2.29 bits per heavy atom. The van der Waals surface area contributed by atoms with E-state index in [4.69, 9.17) is 5.73 Å². The lowest BCUT2D eigenvalue weighted by molar-refractivity contribution is 0.335. The molecule has 5 nitrogen and oxygen atoms in total. The van der Waals surface area contributed by atoms with Gasteiger partial charge in [0.15, 0.2) is 5.82 Å². The van der Waals surface area contributed by atoms with Gasteiger partial charge in [-0.3, -0.25) is 4.79 Å². The lowest BCUT2D eigenvalue weighted by atomic mass is 9.86. The maximum absolute atomic E-state index is 11.4. The molecule has 1 aliphatic carbocycles. The maximum Gasteiger partial charge on any atom is 0.276 e. The molecule has 1 saturated carbocycles. The molecule has 1 aliphatic rings. The zero-order chi connectivity index (χ0) is 12.4. The highest BCUT2D eigenvalue weighted by molar-refractivity contribution is 5.60. The molecule has 0 spiro atoms. The van der Waals surface area contributed by atoms with Crippen LogP contribution in [0.5, 0.6) is 0 Å². The number of aromatic nitrogens is 2. The minimum absolute atomic E-state index is 0.216. The van der Waals surface area contributed by atoms with Gasteiger partial charge in [-0.15, -0.1) is 0 Å². The van der Waals surface area contributed by atoms with E-state index in [-0.39, 0.29) is 11.2 Å². The molecule has 2 unspecified atom stereocenters. The lowest BCUT2D eigenvalue weighted by Gasteiger charge is -2.35. The van der Waals surface area contributed by atoms with Crippen molar-refractivity contribution in [2.75, 3.05) is 17.7 Å². The summed E-state index contributed by atoms with van der Waals surface area (Å²) >= 11 is 0. The van der Waals surface area contributed by atoms with Crippen molar-refractivity contribution in [2.24, 2.45) is 5.92 Å². The van der Waals surface area contributed by atoms with Crippen LogP contribution in [0.1, 0.15) is 32.6 Å². The Morgan fingerprint density at radius 1 is 1.53 bits per heavy atom. The normalized spacial score (nSPS) is 24.6. The Morgan fingerprint density at radius 3 is 3.00 bits per heavy atom. The number of nitrogen functional groups attached to an aromatic ring is 1. The third kappa shape index (κ3) is 2.43. The van der Waals surface area contributed by atoms with Gasteiger partial charge in [-0.1, -0.05) is 19.8 Å². The third-order valence-electron chi connectivity index (χ3n) is 3.66. The van der Waals surface area contributed by atoms with Gasteiger partial charge in [0, 0.05) is 13.1 Å². The van der Waals surface area contributed by atoms with Crippen LogP contribution in [0.3, 0.4) is 0 Å². The van der Waals surface area contributed by atoms with Crippen molar-refractivity contribution < 1.29 is 0 Å². The van der Waals surface area contributed by atoms with E-state index in [1.54, 1.807) is 0 Å². The quantitative estimate of drug-likeness (QED) is 0.813.